The van der Waals surface area contributed by atoms with Crippen molar-refractivity contribution < 1.29 is 13.6 Å². The van der Waals surface area contributed by atoms with E-state index in [9.17, 15) is 18.4 Å². The molecule has 0 amide bonds. The monoisotopic (exact) mass is 682 g/mol. The van der Waals surface area contributed by atoms with Crippen molar-refractivity contribution in [1.82, 2.24) is 24.8 Å². The fraction of sp³-hybridized carbons (Fsp3) is 0.300. The summed E-state index contributed by atoms with van der Waals surface area (Å²) in [6.45, 7) is 17.0. The van der Waals surface area contributed by atoms with Crippen LogP contribution in [0.15, 0.2) is 103 Å². The first kappa shape index (κ1) is 39.2. The standard InChI is InChI=1S/C29H31F2N3O2.C9H11N3.C2H6/c1-6-9-23(19(5)30)28-33-26-16-15-25(32-27(26)29(36)34(28)18(4)17-35)21-13-11-20(12-14-21)22(8-3)24(31)10-7-2;1-10-6-8-4-7-5-11-3-2-9(7)12-8;1-2/h6,8-14,17-18,25,32H,1,5,7,15-16H2,2-4H3;2-5,10,12H,6H2,1H3;1-2H3/b22-8-,23-9+,24-10+;;. The molecule has 0 radical (unpaired) electrons. The number of carbonyl (C=O) groups is 1. The van der Waals surface area contributed by atoms with Gasteiger partial charge in [0.05, 0.1) is 23.4 Å². The molecule has 2 atom stereocenters. The molecule has 0 bridgehead atoms. The number of hydrogen-bond acceptors (Lipinski definition) is 6. The molecule has 0 saturated heterocycles. The van der Waals surface area contributed by atoms with Gasteiger partial charge in [0.15, 0.2) is 0 Å². The zero-order valence-corrected chi connectivity index (χ0v) is 29.8. The number of aldehydes is 1. The van der Waals surface area contributed by atoms with E-state index in [4.69, 9.17) is 0 Å². The van der Waals surface area contributed by atoms with Crippen LogP contribution in [0.2, 0.25) is 0 Å². The highest BCUT2D eigenvalue weighted by Crippen LogP contribution is 2.33. The maximum absolute atomic E-state index is 14.4. The number of aromatic nitrogens is 4. The van der Waals surface area contributed by atoms with Gasteiger partial charge < -0.3 is 20.4 Å². The van der Waals surface area contributed by atoms with Crippen LogP contribution in [0, 0.1) is 0 Å². The number of benzene rings is 1. The zero-order chi connectivity index (χ0) is 36.8. The molecule has 0 spiro atoms. The van der Waals surface area contributed by atoms with E-state index >= 15 is 0 Å². The summed E-state index contributed by atoms with van der Waals surface area (Å²) < 4.78 is 29.8. The number of aromatic amines is 1. The molecule has 0 fully saturated rings. The van der Waals surface area contributed by atoms with Gasteiger partial charge in [-0.05, 0) is 75.6 Å². The van der Waals surface area contributed by atoms with E-state index in [0.717, 1.165) is 23.2 Å². The minimum absolute atomic E-state index is 0.000417. The third kappa shape index (κ3) is 9.26. The number of nitrogens with zero attached hydrogens (tertiary/aromatic N) is 3. The van der Waals surface area contributed by atoms with Crippen LogP contribution in [-0.4, -0.2) is 32.9 Å². The first-order valence-electron chi connectivity index (χ1n) is 16.9. The Kier molecular flexibility index (Phi) is 15.0. The third-order valence-electron chi connectivity index (χ3n) is 8.00. The van der Waals surface area contributed by atoms with Gasteiger partial charge in [0.25, 0.3) is 5.56 Å². The Labute approximate surface area is 293 Å². The van der Waals surface area contributed by atoms with Gasteiger partial charge in [-0.2, -0.15) is 0 Å². The van der Waals surface area contributed by atoms with Gasteiger partial charge in [-0.15, -0.1) is 0 Å². The second kappa shape index (κ2) is 19.1. The van der Waals surface area contributed by atoms with Crippen LogP contribution in [0.3, 0.4) is 0 Å². The highest BCUT2D eigenvalue weighted by atomic mass is 19.1. The molecule has 0 saturated carbocycles. The predicted molar refractivity (Wildman–Crippen MR) is 202 cm³/mol. The summed E-state index contributed by atoms with van der Waals surface area (Å²) in [6, 6.07) is 10.6. The lowest BCUT2D eigenvalue weighted by atomic mass is 9.94. The molecular weight excluding hydrogens is 634 g/mol. The second-order valence-corrected chi connectivity index (χ2v) is 11.3. The summed E-state index contributed by atoms with van der Waals surface area (Å²) in [7, 11) is 1.93. The first-order chi connectivity index (χ1) is 24.2. The molecule has 3 N–H and O–H groups in total. The quantitative estimate of drug-likeness (QED) is 0.108. The number of pyridine rings is 1. The maximum Gasteiger partial charge on any atom is 0.278 e. The first-order valence-corrected chi connectivity index (χ1v) is 16.9. The van der Waals surface area contributed by atoms with Crippen LogP contribution >= 0.6 is 0 Å². The lowest BCUT2D eigenvalue weighted by molar-refractivity contribution is -0.110. The van der Waals surface area contributed by atoms with Crippen molar-refractivity contribution >= 4 is 34.0 Å². The summed E-state index contributed by atoms with van der Waals surface area (Å²) in [5, 5.41) is 7.53. The molecule has 1 aromatic carbocycles. The number of aryl methyl sites for hydroxylation is 1. The van der Waals surface area contributed by atoms with E-state index in [-0.39, 0.29) is 29.0 Å². The Morgan fingerprint density at radius 1 is 1.18 bits per heavy atom. The van der Waals surface area contributed by atoms with Crippen LogP contribution < -0.4 is 16.2 Å². The van der Waals surface area contributed by atoms with Crippen molar-refractivity contribution in [3.8, 4) is 0 Å². The van der Waals surface area contributed by atoms with Crippen molar-refractivity contribution in [1.29, 1.82) is 0 Å². The van der Waals surface area contributed by atoms with Gasteiger partial charge in [0.2, 0.25) is 0 Å². The van der Waals surface area contributed by atoms with E-state index in [0.29, 0.717) is 36.8 Å². The summed E-state index contributed by atoms with van der Waals surface area (Å²) in [6.07, 6.45) is 12.0. The predicted octanol–water partition coefficient (Wildman–Crippen LogP) is 9.13. The fourth-order valence-corrected chi connectivity index (χ4v) is 5.66. The number of rotatable bonds is 11. The van der Waals surface area contributed by atoms with Crippen LogP contribution in [0.25, 0.3) is 22.0 Å². The fourth-order valence-electron chi connectivity index (χ4n) is 5.66. The number of carbonyl (C=O) groups excluding carboxylic acids is 1. The SMILES string of the molecule is C=C/C=C(\C(=C)F)c1nc2c(c(=O)n1C(C)C=O)NC(c1ccc(C(=C/C)/C(F)=C\CC)cc1)CC2.CC.CNCc1cc2cnccc2[nH]1. The molecule has 0 aliphatic carbocycles. The number of nitrogens with one attached hydrogen (secondary N) is 3. The molecule has 2 unspecified atom stereocenters. The summed E-state index contributed by atoms with van der Waals surface area (Å²) in [5.41, 5.74) is 4.89. The van der Waals surface area contributed by atoms with E-state index < -0.39 is 17.4 Å². The molecule has 8 nitrogen and oxygen atoms in total. The van der Waals surface area contributed by atoms with Gasteiger partial charge in [0, 0.05) is 41.1 Å². The number of hydrogen-bond donors (Lipinski definition) is 3. The van der Waals surface area contributed by atoms with Crippen molar-refractivity contribution in [2.75, 3.05) is 12.4 Å². The van der Waals surface area contributed by atoms with E-state index in [1.807, 2.05) is 64.3 Å². The number of allylic oxidation sites excluding steroid dienone is 8. The Morgan fingerprint density at radius 3 is 2.48 bits per heavy atom. The van der Waals surface area contributed by atoms with Gasteiger partial charge in [0.1, 0.15) is 29.5 Å². The van der Waals surface area contributed by atoms with Crippen LogP contribution in [0.5, 0.6) is 0 Å². The van der Waals surface area contributed by atoms with Crippen LogP contribution in [-0.2, 0) is 17.8 Å². The molecule has 50 heavy (non-hydrogen) atoms. The number of fused-ring (bicyclic) bond motifs is 2. The minimum Gasteiger partial charge on any atom is -0.372 e. The van der Waals surface area contributed by atoms with E-state index in [2.05, 4.69) is 44.8 Å². The lowest BCUT2D eigenvalue weighted by Crippen LogP contribution is -2.35. The number of halogens is 2. The smallest absolute Gasteiger partial charge is 0.278 e. The minimum atomic E-state index is -0.871. The Morgan fingerprint density at radius 2 is 1.90 bits per heavy atom. The van der Waals surface area contributed by atoms with Crippen molar-refractivity contribution in [3.63, 3.8) is 0 Å². The highest BCUT2D eigenvalue weighted by molar-refractivity contribution is 5.79. The van der Waals surface area contributed by atoms with Gasteiger partial charge in [-0.1, -0.05) is 70.3 Å². The average Bonchev–Trinajstić information content (AvgIpc) is 3.55. The summed E-state index contributed by atoms with van der Waals surface area (Å²) in [5.74, 6) is -0.998. The molecule has 1 aliphatic rings. The summed E-state index contributed by atoms with van der Waals surface area (Å²) in [4.78, 5) is 37.0. The Bertz CT molecular complexity index is 1900. The van der Waals surface area contributed by atoms with E-state index in [1.165, 1.54) is 27.8 Å². The number of anilines is 1. The Hall–Kier alpha value is -5.22. The molecule has 5 rings (SSSR count). The van der Waals surface area contributed by atoms with Crippen LogP contribution in [0.1, 0.15) is 87.9 Å². The molecule has 264 valence electrons. The molecule has 4 aromatic rings. The topological polar surface area (TPSA) is 105 Å². The molecule has 1 aliphatic heterocycles. The van der Waals surface area contributed by atoms with Crippen molar-refractivity contribution in [2.45, 2.75) is 72.5 Å². The largest absolute Gasteiger partial charge is 0.372 e. The molecular formula is C40H48F2N6O2. The number of H-pyrrole nitrogens is 1. The summed E-state index contributed by atoms with van der Waals surface area (Å²) >= 11 is 0. The highest BCUT2D eigenvalue weighted by Gasteiger charge is 2.28. The Balaban J connectivity index is 0.000000400. The van der Waals surface area contributed by atoms with Crippen molar-refractivity contribution in [2.24, 2.45) is 0 Å². The van der Waals surface area contributed by atoms with Crippen molar-refractivity contribution in [3.05, 3.63) is 137 Å². The van der Waals surface area contributed by atoms with Gasteiger partial charge >= 0.3 is 0 Å². The van der Waals surface area contributed by atoms with E-state index in [1.54, 1.807) is 32.2 Å². The maximum atomic E-state index is 14.4. The average molecular weight is 683 g/mol. The normalized spacial score (nSPS) is 15.0. The lowest BCUT2D eigenvalue weighted by Gasteiger charge is -2.28. The molecule has 3 aromatic heterocycles. The van der Waals surface area contributed by atoms with Gasteiger partial charge in [-0.25, -0.2) is 13.8 Å². The van der Waals surface area contributed by atoms with Gasteiger partial charge in [-0.3, -0.25) is 14.3 Å². The third-order valence-corrected chi connectivity index (χ3v) is 8.00. The molecule has 10 heteroatoms. The zero-order valence-electron chi connectivity index (χ0n) is 29.8. The molecule has 4 heterocycles. The second-order valence-electron chi connectivity index (χ2n) is 11.3. The van der Waals surface area contributed by atoms with Crippen LogP contribution in [0.4, 0.5) is 14.5 Å².